The number of fused-ring (bicyclic) bond motifs is 3. The van der Waals surface area contributed by atoms with Gasteiger partial charge < -0.3 is 10.3 Å². The summed E-state index contributed by atoms with van der Waals surface area (Å²) < 4.78 is 2.25. The Hall–Kier alpha value is -1.80. The molecule has 2 nitrogen and oxygen atoms in total. The van der Waals surface area contributed by atoms with Gasteiger partial charge in [0.05, 0.1) is 5.52 Å². The molecule has 2 N–H and O–H groups in total. The van der Waals surface area contributed by atoms with Gasteiger partial charge in [-0.2, -0.15) is 0 Å². The maximum Gasteiger partial charge on any atom is 0.0560 e. The Labute approximate surface area is 101 Å². The Morgan fingerprint density at radius 3 is 2.65 bits per heavy atom. The number of benzene rings is 2. The van der Waals surface area contributed by atoms with Crippen LogP contribution in [0.5, 0.6) is 0 Å². The molecule has 2 aromatic carbocycles. The first kappa shape index (κ1) is 10.4. The molecule has 2 heteroatoms. The molecule has 0 bridgehead atoms. The van der Waals surface area contributed by atoms with Crippen LogP contribution >= 0.6 is 0 Å². The molecule has 17 heavy (non-hydrogen) atoms. The highest BCUT2D eigenvalue weighted by Crippen LogP contribution is 2.26. The molecule has 1 heterocycles. The van der Waals surface area contributed by atoms with Gasteiger partial charge in [0.15, 0.2) is 0 Å². The Balaban J connectivity index is 2.34. The monoisotopic (exact) mass is 224 g/mol. The number of hydrogen-bond acceptors (Lipinski definition) is 1. The molecule has 0 aliphatic carbocycles. The Bertz CT molecular complexity index is 665. The van der Waals surface area contributed by atoms with Crippen molar-refractivity contribution in [2.45, 2.75) is 19.5 Å². The predicted octanol–water partition coefficient (Wildman–Crippen LogP) is 3.14. The second-order valence-corrected chi connectivity index (χ2v) is 4.67. The lowest BCUT2D eigenvalue weighted by Gasteiger charge is -2.10. The maximum absolute atomic E-state index is 5.90. The molecule has 86 valence electrons. The van der Waals surface area contributed by atoms with Crippen LogP contribution in [0.25, 0.3) is 21.7 Å². The third kappa shape index (κ3) is 1.71. The summed E-state index contributed by atoms with van der Waals surface area (Å²) in [6, 6.07) is 15.2. The molecular weight excluding hydrogens is 208 g/mol. The lowest BCUT2D eigenvalue weighted by molar-refractivity contribution is 0.606. The van der Waals surface area contributed by atoms with E-state index < -0.39 is 0 Å². The van der Waals surface area contributed by atoms with Gasteiger partial charge in [0.25, 0.3) is 0 Å². The Kier molecular flexibility index (Phi) is 2.37. The lowest BCUT2D eigenvalue weighted by atomic mass is 10.1. The SMILES string of the molecule is C[C@H](N)Cn1ccc2ccc3ccccc3c21. The minimum Gasteiger partial charge on any atom is -0.345 e. The van der Waals surface area contributed by atoms with Gasteiger partial charge in [0.1, 0.15) is 0 Å². The van der Waals surface area contributed by atoms with Crippen molar-refractivity contribution in [3.63, 3.8) is 0 Å². The van der Waals surface area contributed by atoms with Gasteiger partial charge in [-0.1, -0.05) is 36.4 Å². The first-order chi connectivity index (χ1) is 8.25. The van der Waals surface area contributed by atoms with E-state index in [-0.39, 0.29) is 6.04 Å². The van der Waals surface area contributed by atoms with E-state index in [1.807, 2.05) is 6.92 Å². The third-order valence-electron chi connectivity index (χ3n) is 3.14. The van der Waals surface area contributed by atoms with Crippen molar-refractivity contribution in [3.8, 4) is 0 Å². The second-order valence-electron chi connectivity index (χ2n) is 4.67. The average molecular weight is 224 g/mol. The highest BCUT2D eigenvalue weighted by Gasteiger charge is 2.06. The van der Waals surface area contributed by atoms with Crippen LogP contribution in [0.15, 0.2) is 48.7 Å². The summed E-state index contributed by atoms with van der Waals surface area (Å²) in [5.74, 6) is 0. The van der Waals surface area contributed by atoms with Crippen LogP contribution in [-0.4, -0.2) is 10.6 Å². The zero-order valence-corrected chi connectivity index (χ0v) is 9.93. The quantitative estimate of drug-likeness (QED) is 0.712. The average Bonchev–Trinajstić information content (AvgIpc) is 2.72. The van der Waals surface area contributed by atoms with Gasteiger partial charge in [-0.05, 0) is 18.4 Å². The summed E-state index contributed by atoms with van der Waals surface area (Å²) in [7, 11) is 0. The topological polar surface area (TPSA) is 30.9 Å². The molecule has 0 amide bonds. The van der Waals surface area contributed by atoms with Crippen molar-refractivity contribution in [1.29, 1.82) is 0 Å². The summed E-state index contributed by atoms with van der Waals surface area (Å²) >= 11 is 0. The predicted molar refractivity (Wildman–Crippen MR) is 73.1 cm³/mol. The van der Waals surface area contributed by atoms with Crippen LogP contribution in [-0.2, 0) is 6.54 Å². The molecule has 0 unspecified atom stereocenters. The first-order valence-corrected chi connectivity index (χ1v) is 5.98. The molecule has 0 saturated carbocycles. The highest BCUT2D eigenvalue weighted by molar-refractivity contribution is 6.05. The zero-order valence-electron chi connectivity index (χ0n) is 9.93. The van der Waals surface area contributed by atoms with Crippen molar-refractivity contribution in [1.82, 2.24) is 4.57 Å². The fourth-order valence-corrected chi connectivity index (χ4v) is 2.43. The minimum absolute atomic E-state index is 0.171. The summed E-state index contributed by atoms with van der Waals surface area (Å²) in [6.07, 6.45) is 2.13. The zero-order chi connectivity index (χ0) is 11.8. The van der Waals surface area contributed by atoms with Crippen molar-refractivity contribution >= 4 is 21.7 Å². The van der Waals surface area contributed by atoms with Gasteiger partial charge in [0, 0.05) is 29.6 Å². The molecule has 0 fully saturated rings. The van der Waals surface area contributed by atoms with Crippen LogP contribution in [0.3, 0.4) is 0 Å². The van der Waals surface area contributed by atoms with E-state index in [2.05, 4.69) is 53.2 Å². The molecule has 0 aliphatic heterocycles. The number of rotatable bonds is 2. The smallest absolute Gasteiger partial charge is 0.0560 e. The van der Waals surface area contributed by atoms with Crippen molar-refractivity contribution in [2.24, 2.45) is 5.73 Å². The largest absolute Gasteiger partial charge is 0.345 e. The maximum atomic E-state index is 5.90. The van der Waals surface area contributed by atoms with Crippen molar-refractivity contribution in [2.75, 3.05) is 0 Å². The lowest BCUT2D eigenvalue weighted by Crippen LogP contribution is -2.21. The van der Waals surface area contributed by atoms with Gasteiger partial charge in [-0.3, -0.25) is 0 Å². The second kappa shape index (κ2) is 3.90. The van der Waals surface area contributed by atoms with Crippen molar-refractivity contribution in [3.05, 3.63) is 48.7 Å². The molecule has 0 spiro atoms. The highest BCUT2D eigenvalue weighted by atomic mass is 15.0. The van der Waals surface area contributed by atoms with Gasteiger partial charge in [-0.15, -0.1) is 0 Å². The molecule has 0 saturated heterocycles. The summed E-state index contributed by atoms with van der Waals surface area (Å²) in [5.41, 5.74) is 7.19. The summed E-state index contributed by atoms with van der Waals surface area (Å²) in [4.78, 5) is 0. The summed E-state index contributed by atoms with van der Waals surface area (Å²) in [6.45, 7) is 2.90. The van der Waals surface area contributed by atoms with Crippen LogP contribution in [0.2, 0.25) is 0 Å². The number of aromatic nitrogens is 1. The van der Waals surface area contributed by atoms with E-state index in [1.165, 1.54) is 21.7 Å². The number of nitrogens with two attached hydrogens (primary N) is 1. The third-order valence-corrected chi connectivity index (χ3v) is 3.14. The molecule has 0 radical (unpaired) electrons. The van der Waals surface area contributed by atoms with Crippen molar-refractivity contribution < 1.29 is 0 Å². The van der Waals surface area contributed by atoms with Gasteiger partial charge >= 0.3 is 0 Å². The van der Waals surface area contributed by atoms with E-state index >= 15 is 0 Å². The fourth-order valence-electron chi connectivity index (χ4n) is 2.43. The van der Waals surface area contributed by atoms with E-state index in [0.717, 1.165) is 6.54 Å². The van der Waals surface area contributed by atoms with Crippen LogP contribution in [0.4, 0.5) is 0 Å². The minimum atomic E-state index is 0.171. The molecule has 3 aromatic rings. The standard InChI is InChI=1S/C15H16N2/c1-11(16)10-17-9-8-13-7-6-12-4-2-3-5-14(12)15(13)17/h2-9,11H,10,16H2,1H3/t11-/m0/s1. The summed E-state index contributed by atoms with van der Waals surface area (Å²) in [5, 5.41) is 3.87. The number of hydrogen-bond donors (Lipinski definition) is 1. The molecule has 0 aliphatic rings. The normalized spacial score (nSPS) is 13.3. The first-order valence-electron chi connectivity index (χ1n) is 5.98. The van der Waals surface area contributed by atoms with Crippen LogP contribution in [0, 0.1) is 0 Å². The van der Waals surface area contributed by atoms with E-state index in [9.17, 15) is 0 Å². The molecule has 1 atom stereocenters. The Morgan fingerprint density at radius 2 is 1.82 bits per heavy atom. The fraction of sp³-hybridized carbons (Fsp3) is 0.200. The Morgan fingerprint density at radius 1 is 1.06 bits per heavy atom. The van der Waals surface area contributed by atoms with Crippen LogP contribution < -0.4 is 5.73 Å². The molecular formula is C15H16N2. The van der Waals surface area contributed by atoms with Gasteiger partial charge in [-0.25, -0.2) is 0 Å². The van der Waals surface area contributed by atoms with Gasteiger partial charge in [0.2, 0.25) is 0 Å². The van der Waals surface area contributed by atoms with E-state index in [0.29, 0.717) is 0 Å². The van der Waals surface area contributed by atoms with Crippen LogP contribution in [0.1, 0.15) is 6.92 Å². The van der Waals surface area contributed by atoms with E-state index in [1.54, 1.807) is 0 Å². The molecule has 3 rings (SSSR count). The number of nitrogens with zero attached hydrogens (tertiary/aromatic N) is 1. The van der Waals surface area contributed by atoms with E-state index in [4.69, 9.17) is 5.73 Å². The molecule has 1 aromatic heterocycles.